The zero-order valence-corrected chi connectivity index (χ0v) is 12.4. The van der Waals surface area contributed by atoms with Gasteiger partial charge in [-0.3, -0.25) is 0 Å². The van der Waals surface area contributed by atoms with E-state index in [4.69, 9.17) is 11.6 Å². The highest BCUT2D eigenvalue weighted by Crippen LogP contribution is 2.38. The average Bonchev–Trinajstić information content (AvgIpc) is 2.28. The van der Waals surface area contributed by atoms with Gasteiger partial charge in [-0.05, 0) is 32.6 Å². The molecule has 0 aliphatic heterocycles. The van der Waals surface area contributed by atoms with E-state index in [1.807, 2.05) is 6.92 Å². The van der Waals surface area contributed by atoms with E-state index in [0.717, 1.165) is 23.6 Å². The van der Waals surface area contributed by atoms with Gasteiger partial charge in [0.1, 0.15) is 16.8 Å². The van der Waals surface area contributed by atoms with E-state index in [1.165, 1.54) is 19.3 Å². The third-order valence-corrected chi connectivity index (χ3v) is 4.36. The Morgan fingerprint density at radius 3 is 2.44 bits per heavy atom. The summed E-state index contributed by atoms with van der Waals surface area (Å²) in [5.41, 5.74) is 1.19. The molecule has 3 nitrogen and oxygen atoms in total. The molecule has 1 aromatic rings. The van der Waals surface area contributed by atoms with Crippen LogP contribution in [0, 0.1) is 6.92 Å². The number of hydrogen-bond donors (Lipinski definition) is 1. The predicted octanol–water partition coefficient (Wildman–Crippen LogP) is 4.31. The number of halogens is 1. The van der Waals surface area contributed by atoms with Crippen molar-refractivity contribution in [3.8, 4) is 0 Å². The fraction of sp³-hybridized carbons (Fsp3) is 0.714. The van der Waals surface area contributed by atoms with Crippen LogP contribution in [0.5, 0.6) is 0 Å². The molecule has 0 amide bonds. The number of aromatic nitrogens is 2. The molecule has 0 bridgehead atoms. The largest absolute Gasteiger partial charge is 0.364 e. The van der Waals surface area contributed by atoms with Crippen LogP contribution in [0.4, 0.5) is 5.82 Å². The Kier molecular flexibility index (Phi) is 3.81. The monoisotopic (exact) mass is 267 g/mol. The molecule has 0 radical (unpaired) electrons. The van der Waals surface area contributed by atoms with Crippen molar-refractivity contribution in [2.24, 2.45) is 0 Å². The quantitative estimate of drug-likeness (QED) is 0.826. The van der Waals surface area contributed by atoms with E-state index in [1.54, 1.807) is 0 Å². The molecular weight excluding hydrogens is 246 g/mol. The summed E-state index contributed by atoms with van der Waals surface area (Å²) in [6.07, 6.45) is 4.88. The van der Waals surface area contributed by atoms with Crippen molar-refractivity contribution in [2.75, 3.05) is 5.32 Å². The molecule has 0 atom stereocenters. The molecule has 1 saturated carbocycles. The lowest BCUT2D eigenvalue weighted by Gasteiger charge is -2.42. The van der Waals surface area contributed by atoms with Gasteiger partial charge in [0.15, 0.2) is 0 Å². The van der Waals surface area contributed by atoms with Crippen molar-refractivity contribution in [3.63, 3.8) is 0 Å². The van der Waals surface area contributed by atoms with Crippen LogP contribution in [-0.4, -0.2) is 15.5 Å². The van der Waals surface area contributed by atoms with Crippen LogP contribution in [0.2, 0.25) is 5.15 Å². The van der Waals surface area contributed by atoms with Gasteiger partial charge in [0.05, 0.1) is 0 Å². The molecule has 4 heteroatoms. The zero-order chi connectivity index (χ0) is 13.3. The lowest BCUT2D eigenvalue weighted by molar-refractivity contribution is 0.268. The third kappa shape index (κ3) is 2.46. The Morgan fingerprint density at radius 1 is 1.33 bits per heavy atom. The van der Waals surface area contributed by atoms with Crippen LogP contribution in [0.1, 0.15) is 63.8 Å². The van der Waals surface area contributed by atoms with Gasteiger partial charge < -0.3 is 5.32 Å². The number of rotatable bonds is 4. The molecule has 1 aliphatic carbocycles. The average molecular weight is 268 g/mol. The van der Waals surface area contributed by atoms with Gasteiger partial charge in [-0.25, -0.2) is 9.97 Å². The second-order valence-electron chi connectivity index (χ2n) is 5.61. The second kappa shape index (κ2) is 5.04. The van der Waals surface area contributed by atoms with Crippen molar-refractivity contribution >= 4 is 17.4 Å². The molecule has 1 heterocycles. The molecular formula is C14H22ClN3. The summed E-state index contributed by atoms with van der Waals surface area (Å²) in [4.78, 5) is 8.99. The number of nitrogens with zero attached hydrogens (tertiary/aromatic N) is 2. The topological polar surface area (TPSA) is 37.8 Å². The highest BCUT2D eigenvalue weighted by molar-refractivity contribution is 6.30. The Balaban J connectivity index is 2.31. The summed E-state index contributed by atoms with van der Waals surface area (Å²) >= 11 is 6.21. The van der Waals surface area contributed by atoms with Crippen molar-refractivity contribution in [3.05, 3.63) is 16.5 Å². The summed E-state index contributed by atoms with van der Waals surface area (Å²) < 4.78 is 0. The molecule has 0 spiro atoms. The maximum atomic E-state index is 6.21. The highest BCUT2D eigenvalue weighted by Gasteiger charge is 2.35. The van der Waals surface area contributed by atoms with Gasteiger partial charge in [0.25, 0.3) is 0 Å². The van der Waals surface area contributed by atoms with Crippen LogP contribution in [0.3, 0.4) is 0 Å². The smallest absolute Gasteiger partial charge is 0.137 e. The SMILES string of the molecule is CCC1(Nc2nc(C(C)C)nc(Cl)c2C)CCC1. The van der Waals surface area contributed by atoms with Gasteiger partial charge in [0, 0.05) is 17.0 Å². The summed E-state index contributed by atoms with van der Waals surface area (Å²) in [7, 11) is 0. The van der Waals surface area contributed by atoms with Gasteiger partial charge in [0.2, 0.25) is 0 Å². The number of nitrogens with one attached hydrogen (secondary N) is 1. The highest BCUT2D eigenvalue weighted by atomic mass is 35.5. The molecule has 18 heavy (non-hydrogen) atoms. The Hall–Kier alpha value is -0.830. The van der Waals surface area contributed by atoms with Crippen molar-refractivity contribution in [2.45, 2.75) is 64.8 Å². The lowest BCUT2D eigenvalue weighted by Crippen LogP contribution is -2.44. The van der Waals surface area contributed by atoms with Crippen molar-refractivity contribution in [1.29, 1.82) is 0 Å². The normalized spacial score (nSPS) is 17.7. The fourth-order valence-electron chi connectivity index (χ4n) is 2.31. The fourth-order valence-corrected chi connectivity index (χ4v) is 2.48. The van der Waals surface area contributed by atoms with Gasteiger partial charge in [-0.15, -0.1) is 0 Å². The van der Waals surface area contributed by atoms with E-state index < -0.39 is 0 Å². The molecule has 100 valence electrons. The minimum absolute atomic E-state index is 0.233. The van der Waals surface area contributed by atoms with E-state index >= 15 is 0 Å². The summed E-state index contributed by atoms with van der Waals surface area (Å²) in [5, 5.41) is 4.18. The van der Waals surface area contributed by atoms with E-state index in [2.05, 4.69) is 36.1 Å². The molecule has 1 N–H and O–H groups in total. The van der Waals surface area contributed by atoms with Gasteiger partial charge in [-0.1, -0.05) is 32.4 Å². The first kappa shape index (κ1) is 13.6. The Labute approximate surface area is 114 Å². The van der Waals surface area contributed by atoms with Crippen LogP contribution >= 0.6 is 11.6 Å². The van der Waals surface area contributed by atoms with Crippen molar-refractivity contribution in [1.82, 2.24) is 9.97 Å². The van der Waals surface area contributed by atoms with Crippen LogP contribution in [-0.2, 0) is 0 Å². The first-order chi connectivity index (χ1) is 8.47. The lowest BCUT2D eigenvalue weighted by atomic mass is 9.75. The van der Waals surface area contributed by atoms with E-state index in [-0.39, 0.29) is 5.54 Å². The maximum absolute atomic E-state index is 6.21. The van der Waals surface area contributed by atoms with Gasteiger partial charge in [-0.2, -0.15) is 0 Å². The van der Waals surface area contributed by atoms with Crippen LogP contribution in [0.25, 0.3) is 0 Å². The number of anilines is 1. The Bertz CT molecular complexity index is 433. The Morgan fingerprint density at radius 2 is 2.00 bits per heavy atom. The molecule has 0 unspecified atom stereocenters. The van der Waals surface area contributed by atoms with Crippen LogP contribution in [0.15, 0.2) is 0 Å². The van der Waals surface area contributed by atoms with Gasteiger partial charge >= 0.3 is 0 Å². The second-order valence-corrected chi connectivity index (χ2v) is 5.97. The zero-order valence-electron chi connectivity index (χ0n) is 11.7. The summed E-state index contributed by atoms with van der Waals surface area (Å²) in [6, 6.07) is 0. The third-order valence-electron chi connectivity index (χ3n) is 3.99. The minimum atomic E-state index is 0.233. The molecule has 1 fully saturated rings. The van der Waals surface area contributed by atoms with Crippen molar-refractivity contribution < 1.29 is 0 Å². The van der Waals surface area contributed by atoms with E-state index in [0.29, 0.717) is 11.1 Å². The molecule has 2 rings (SSSR count). The number of hydrogen-bond acceptors (Lipinski definition) is 3. The first-order valence-electron chi connectivity index (χ1n) is 6.79. The van der Waals surface area contributed by atoms with Crippen LogP contribution < -0.4 is 5.32 Å². The molecule has 1 aliphatic rings. The summed E-state index contributed by atoms with van der Waals surface area (Å²) in [5.74, 6) is 2.03. The standard InChI is InChI=1S/C14H22ClN3/c1-5-14(7-6-8-14)18-13-10(4)11(15)16-12(17-13)9(2)3/h9H,5-8H2,1-4H3,(H,16,17,18). The van der Waals surface area contributed by atoms with E-state index in [9.17, 15) is 0 Å². The first-order valence-corrected chi connectivity index (χ1v) is 7.17. The molecule has 0 saturated heterocycles. The molecule has 0 aromatic carbocycles. The maximum Gasteiger partial charge on any atom is 0.137 e. The predicted molar refractivity (Wildman–Crippen MR) is 76.4 cm³/mol. The summed E-state index contributed by atoms with van der Waals surface area (Å²) in [6.45, 7) is 8.39. The molecule has 1 aromatic heterocycles. The minimum Gasteiger partial charge on any atom is -0.364 e.